The van der Waals surface area contributed by atoms with Crippen molar-refractivity contribution >= 4 is 34.6 Å². The lowest BCUT2D eigenvalue weighted by Gasteiger charge is -2.01. The van der Waals surface area contributed by atoms with Crippen molar-refractivity contribution in [1.29, 1.82) is 0 Å². The van der Waals surface area contributed by atoms with Crippen molar-refractivity contribution in [3.8, 4) is 0 Å². The van der Waals surface area contributed by atoms with Crippen LogP contribution in [-0.4, -0.2) is 36.8 Å². The van der Waals surface area contributed by atoms with Gasteiger partial charge in [0.15, 0.2) is 5.13 Å². The fourth-order valence-electron chi connectivity index (χ4n) is 0.979. The van der Waals surface area contributed by atoms with Crippen LogP contribution in [0.3, 0.4) is 0 Å². The highest BCUT2D eigenvalue weighted by atomic mass is 32.1. The molecule has 0 aliphatic rings. The van der Waals surface area contributed by atoms with E-state index in [1.807, 2.05) is 0 Å². The van der Waals surface area contributed by atoms with Crippen LogP contribution in [0.1, 0.15) is 12.6 Å². The summed E-state index contributed by atoms with van der Waals surface area (Å²) in [4.78, 5) is 30.3. The topological polar surface area (TPSA) is 89.9 Å². The van der Waals surface area contributed by atoms with E-state index in [1.54, 1.807) is 12.3 Å². The molecule has 1 N–H and O–H groups in total. The maximum atomic E-state index is 11.5. The van der Waals surface area contributed by atoms with E-state index in [1.165, 1.54) is 18.4 Å². The number of carbonyl (C=O) groups is 2. The summed E-state index contributed by atoms with van der Waals surface area (Å²) < 4.78 is 4.81. The molecule has 92 valence electrons. The molecular weight excluding hydrogens is 246 g/mol. The predicted octanol–water partition coefficient (Wildman–Crippen LogP) is 0.625. The van der Waals surface area contributed by atoms with Crippen LogP contribution in [0, 0.1) is 0 Å². The number of hydrogen-bond donors (Lipinski definition) is 1. The number of esters is 1. The molecule has 0 spiro atoms. The van der Waals surface area contributed by atoms with Crippen LogP contribution < -0.4 is 5.32 Å². The van der Waals surface area contributed by atoms with Gasteiger partial charge < -0.3 is 14.9 Å². The Bertz CT molecular complexity index is 430. The number of anilines is 1. The highest BCUT2D eigenvalue weighted by Gasteiger charge is 2.19. The van der Waals surface area contributed by atoms with E-state index < -0.39 is 5.97 Å². The zero-order valence-electron chi connectivity index (χ0n) is 9.30. The minimum Gasteiger partial charge on any atom is -0.461 e. The van der Waals surface area contributed by atoms with Gasteiger partial charge in [0, 0.05) is 5.38 Å². The Morgan fingerprint density at radius 3 is 3.06 bits per heavy atom. The molecule has 0 atom stereocenters. The smallest absolute Gasteiger partial charge is 0.362 e. The lowest BCUT2D eigenvalue weighted by atomic mass is 10.3. The minimum atomic E-state index is -0.627. The minimum absolute atomic E-state index is 0.0375. The number of nitrogens with one attached hydrogen (secondary N) is 1. The Hall–Kier alpha value is -1.96. The maximum Gasteiger partial charge on any atom is 0.362 e. The van der Waals surface area contributed by atoms with Gasteiger partial charge in [-0.3, -0.25) is 4.79 Å². The molecule has 1 amide bonds. The van der Waals surface area contributed by atoms with E-state index in [0.29, 0.717) is 17.2 Å². The molecule has 1 aromatic heterocycles. The van der Waals surface area contributed by atoms with E-state index in [-0.39, 0.29) is 12.3 Å². The van der Waals surface area contributed by atoms with Gasteiger partial charge in [0.1, 0.15) is 12.8 Å². The summed E-state index contributed by atoms with van der Waals surface area (Å²) in [7, 11) is 1.32. The number of rotatable bonds is 6. The van der Waals surface area contributed by atoms with E-state index in [4.69, 9.17) is 4.74 Å². The van der Waals surface area contributed by atoms with Crippen LogP contribution in [-0.2, 0) is 19.2 Å². The normalized spacial score (nSPS) is 10.8. The highest BCUT2D eigenvalue weighted by Crippen LogP contribution is 2.15. The standard InChI is InChI=1S/C9H11N3O4S/c1-3-16-8(14)7(12-15-2)6-4-17-9(11-6)10-5-13/h4-5H,3H2,1-2H3,(H,10,11,13)/b12-7-. The molecular formula is C9H11N3O4S. The van der Waals surface area contributed by atoms with Crippen LogP contribution in [0.4, 0.5) is 5.13 Å². The number of amides is 1. The van der Waals surface area contributed by atoms with Crippen LogP contribution in [0.5, 0.6) is 0 Å². The van der Waals surface area contributed by atoms with Gasteiger partial charge in [-0.15, -0.1) is 11.3 Å². The monoisotopic (exact) mass is 257 g/mol. The van der Waals surface area contributed by atoms with Gasteiger partial charge in [0.2, 0.25) is 12.1 Å². The number of hydrogen-bond acceptors (Lipinski definition) is 7. The predicted molar refractivity (Wildman–Crippen MR) is 62.0 cm³/mol. The molecule has 0 unspecified atom stereocenters. The van der Waals surface area contributed by atoms with E-state index in [9.17, 15) is 9.59 Å². The van der Waals surface area contributed by atoms with Gasteiger partial charge in [-0.05, 0) is 6.92 Å². The molecule has 0 bridgehead atoms. The van der Waals surface area contributed by atoms with Crippen molar-refractivity contribution in [3.63, 3.8) is 0 Å². The molecule has 0 fully saturated rings. The van der Waals surface area contributed by atoms with Gasteiger partial charge in [-0.2, -0.15) is 0 Å². The number of thiazole rings is 1. The van der Waals surface area contributed by atoms with Crippen molar-refractivity contribution in [2.75, 3.05) is 19.0 Å². The summed E-state index contributed by atoms with van der Waals surface area (Å²) in [5.41, 5.74) is 0.254. The quantitative estimate of drug-likeness (QED) is 0.349. The molecule has 7 nitrogen and oxygen atoms in total. The average Bonchev–Trinajstić information content (AvgIpc) is 2.75. The number of nitrogens with zero attached hydrogens (tertiary/aromatic N) is 2. The lowest BCUT2D eigenvalue weighted by molar-refractivity contribution is -0.135. The van der Waals surface area contributed by atoms with Crippen molar-refractivity contribution in [2.24, 2.45) is 5.16 Å². The first-order valence-corrected chi connectivity index (χ1v) is 5.55. The molecule has 0 saturated carbocycles. The summed E-state index contributed by atoms with van der Waals surface area (Å²) >= 11 is 1.17. The third-order valence-corrected chi connectivity index (χ3v) is 2.35. The summed E-state index contributed by atoms with van der Waals surface area (Å²) in [6.07, 6.45) is 0.500. The van der Waals surface area contributed by atoms with Crippen LogP contribution in [0.2, 0.25) is 0 Å². The largest absolute Gasteiger partial charge is 0.461 e. The van der Waals surface area contributed by atoms with Crippen LogP contribution in [0.25, 0.3) is 0 Å². The van der Waals surface area contributed by atoms with Gasteiger partial charge >= 0.3 is 5.97 Å². The maximum absolute atomic E-state index is 11.5. The lowest BCUT2D eigenvalue weighted by Crippen LogP contribution is -2.19. The van der Waals surface area contributed by atoms with Gasteiger partial charge in [-0.1, -0.05) is 5.16 Å². The number of aromatic nitrogens is 1. The van der Waals surface area contributed by atoms with Gasteiger partial charge in [0.25, 0.3) is 0 Å². The Balaban J connectivity index is 2.93. The zero-order valence-corrected chi connectivity index (χ0v) is 10.1. The summed E-state index contributed by atoms with van der Waals surface area (Å²) in [6, 6.07) is 0. The molecule has 0 aliphatic carbocycles. The first kappa shape index (κ1) is 13.1. The van der Waals surface area contributed by atoms with E-state index in [0.717, 1.165) is 0 Å². The molecule has 0 aliphatic heterocycles. The molecule has 1 rings (SSSR count). The molecule has 0 radical (unpaired) electrons. The van der Waals surface area contributed by atoms with Crippen molar-refractivity contribution < 1.29 is 19.2 Å². The number of ether oxygens (including phenoxy) is 1. The molecule has 8 heteroatoms. The molecule has 17 heavy (non-hydrogen) atoms. The molecule has 1 heterocycles. The van der Waals surface area contributed by atoms with Crippen molar-refractivity contribution in [1.82, 2.24) is 4.98 Å². The Morgan fingerprint density at radius 1 is 1.71 bits per heavy atom. The number of oxime groups is 1. The second-order valence-electron chi connectivity index (χ2n) is 2.64. The fraction of sp³-hybridized carbons (Fsp3) is 0.333. The molecule has 0 saturated heterocycles. The summed E-state index contributed by atoms with van der Waals surface area (Å²) in [5, 5.41) is 7.87. The van der Waals surface area contributed by atoms with E-state index in [2.05, 4.69) is 20.3 Å². The van der Waals surface area contributed by atoms with Crippen LogP contribution >= 0.6 is 11.3 Å². The Kier molecular flexibility index (Phi) is 5.08. The first-order chi connectivity index (χ1) is 8.22. The van der Waals surface area contributed by atoms with Crippen LogP contribution in [0.15, 0.2) is 10.5 Å². The second-order valence-corrected chi connectivity index (χ2v) is 3.50. The van der Waals surface area contributed by atoms with Crippen molar-refractivity contribution in [3.05, 3.63) is 11.1 Å². The second kappa shape index (κ2) is 6.59. The zero-order chi connectivity index (χ0) is 12.7. The van der Waals surface area contributed by atoms with Crippen molar-refractivity contribution in [2.45, 2.75) is 6.92 Å². The fourth-order valence-corrected chi connectivity index (χ4v) is 1.63. The Morgan fingerprint density at radius 2 is 2.47 bits per heavy atom. The third-order valence-electron chi connectivity index (χ3n) is 1.58. The molecule has 1 aromatic rings. The Labute approximate surface area is 101 Å². The first-order valence-electron chi connectivity index (χ1n) is 4.67. The highest BCUT2D eigenvalue weighted by molar-refractivity contribution is 7.14. The number of carbonyl (C=O) groups excluding carboxylic acids is 2. The summed E-state index contributed by atoms with van der Waals surface area (Å²) in [5.74, 6) is -0.627. The SMILES string of the molecule is CCOC(=O)/C(=N\OC)c1csc(NC=O)n1. The third kappa shape index (κ3) is 3.52. The van der Waals surface area contributed by atoms with E-state index >= 15 is 0 Å². The van der Waals surface area contributed by atoms with Gasteiger partial charge in [0.05, 0.1) is 6.61 Å². The van der Waals surface area contributed by atoms with Gasteiger partial charge in [-0.25, -0.2) is 9.78 Å². The molecule has 0 aromatic carbocycles. The average molecular weight is 257 g/mol. The summed E-state index contributed by atoms with van der Waals surface area (Å²) in [6.45, 7) is 1.91.